The molecule has 0 bridgehead atoms. The number of nitrogens with one attached hydrogen (secondary N) is 1. The molecule has 0 aromatic heterocycles. The van der Waals surface area contributed by atoms with E-state index in [2.05, 4.69) is 29.8 Å². The van der Waals surface area contributed by atoms with Gasteiger partial charge in [0, 0.05) is 37.6 Å². The van der Waals surface area contributed by atoms with Gasteiger partial charge in [0.2, 0.25) is 0 Å². The number of benzene rings is 1. The molecule has 0 saturated carbocycles. The van der Waals surface area contributed by atoms with E-state index in [4.69, 9.17) is 5.11 Å². The Hall–Kier alpha value is -2.01. The lowest BCUT2D eigenvalue weighted by Gasteiger charge is -2.23. The van der Waals surface area contributed by atoms with Gasteiger partial charge < -0.3 is 20.2 Å². The fraction of sp³-hybridized carbons (Fsp3) is 0.471. The first-order valence-electron chi connectivity index (χ1n) is 7.79. The lowest BCUT2D eigenvalue weighted by Crippen LogP contribution is -2.37. The van der Waals surface area contributed by atoms with E-state index in [0.717, 1.165) is 24.3 Å². The summed E-state index contributed by atoms with van der Waals surface area (Å²) >= 11 is 0. The molecule has 0 radical (unpaired) electrons. The summed E-state index contributed by atoms with van der Waals surface area (Å²) in [4.78, 5) is 16.1. The lowest BCUT2D eigenvalue weighted by atomic mass is 10.1. The van der Waals surface area contributed by atoms with Crippen LogP contribution in [0, 0.1) is 6.92 Å². The van der Waals surface area contributed by atoms with Crippen LogP contribution in [0.4, 0.5) is 16.2 Å². The number of hydrogen-bond acceptors (Lipinski definition) is 3. The second kappa shape index (κ2) is 7.84. The average Bonchev–Trinajstić information content (AvgIpc) is 3.01. The number of anilines is 2. The standard InChI is InChI=1S/C17H25N3O2/c1-3-8-20(11-12-21)17(22)18-15-6-7-16(14(2)13-15)19-9-4-5-10-19/h3,6-7,13,21H,1,4-5,8-12H2,2H3,(H,18,22). The largest absolute Gasteiger partial charge is 0.395 e. The smallest absolute Gasteiger partial charge is 0.322 e. The van der Waals surface area contributed by atoms with Gasteiger partial charge in [0.25, 0.3) is 0 Å². The van der Waals surface area contributed by atoms with E-state index >= 15 is 0 Å². The third kappa shape index (κ3) is 4.01. The lowest BCUT2D eigenvalue weighted by molar-refractivity contribution is 0.195. The molecular formula is C17H25N3O2. The summed E-state index contributed by atoms with van der Waals surface area (Å²) in [6.07, 6.45) is 4.14. The average molecular weight is 303 g/mol. The van der Waals surface area contributed by atoms with Crippen molar-refractivity contribution in [3.63, 3.8) is 0 Å². The fourth-order valence-electron chi connectivity index (χ4n) is 2.80. The van der Waals surface area contributed by atoms with Crippen molar-refractivity contribution in [2.45, 2.75) is 19.8 Å². The molecule has 1 aromatic carbocycles. The number of aliphatic hydroxyl groups is 1. The molecule has 0 atom stereocenters. The van der Waals surface area contributed by atoms with E-state index in [1.165, 1.54) is 23.4 Å². The van der Waals surface area contributed by atoms with Gasteiger partial charge in [-0.2, -0.15) is 0 Å². The van der Waals surface area contributed by atoms with Crippen LogP contribution in [0.1, 0.15) is 18.4 Å². The zero-order valence-electron chi connectivity index (χ0n) is 13.2. The summed E-state index contributed by atoms with van der Waals surface area (Å²) in [5, 5.41) is 11.9. The van der Waals surface area contributed by atoms with E-state index < -0.39 is 0 Å². The summed E-state index contributed by atoms with van der Waals surface area (Å²) in [5.41, 5.74) is 3.18. The second-order valence-corrected chi connectivity index (χ2v) is 5.58. The Labute approximate surface area is 132 Å². The molecule has 2 amide bonds. The third-order valence-electron chi connectivity index (χ3n) is 3.90. The molecule has 0 spiro atoms. The quantitative estimate of drug-likeness (QED) is 0.794. The Morgan fingerprint density at radius 3 is 2.77 bits per heavy atom. The summed E-state index contributed by atoms with van der Waals surface area (Å²) < 4.78 is 0. The molecule has 1 fully saturated rings. The molecule has 22 heavy (non-hydrogen) atoms. The van der Waals surface area contributed by atoms with Crippen LogP contribution in [0.2, 0.25) is 0 Å². The van der Waals surface area contributed by atoms with Crippen LogP contribution in [-0.4, -0.2) is 48.8 Å². The Balaban J connectivity index is 2.04. The van der Waals surface area contributed by atoms with E-state index in [1.807, 2.05) is 12.1 Å². The highest BCUT2D eigenvalue weighted by atomic mass is 16.3. The van der Waals surface area contributed by atoms with E-state index in [0.29, 0.717) is 13.1 Å². The van der Waals surface area contributed by atoms with Gasteiger partial charge in [-0.25, -0.2) is 4.79 Å². The van der Waals surface area contributed by atoms with Gasteiger partial charge in [-0.05, 0) is 43.5 Å². The number of aryl methyl sites for hydroxylation is 1. The highest BCUT2D eigenvalue weighted by Gasteiger charge is 2.16. The van der Waals surface area contributed by atoms with Crippen molar-refractivity contribution in [2.75, 3.05) is 43.0 Å². The van der Waals surface area contributed by atoms with Crippen molar-refractivity contribution in [1.29, 1.82) is 0 Å². The van der Waals surface area contributed by atoms with E-state index in [-0.39, 0.29) is 12.6 Å². The zero-order valence-corrected chi connectivity index (χ0v) is 13.2. The Morgan fingerprint density at radius 1 is 1.45 bits per heavy atom. The van der Waals surface area contributed by atoms with Crippen LogP contribution < -0.4 is 10.2 Å². The number of carbonyl (C=O) groups excluding carboxylic acids is 1. The minimum absolute atomic E-state index is 0.0613. The Morgan fingerprint density at radius 2 is 2.18 bits per heavy atom. The number of nitrogens with zero attached hydrogens (tertiary/aromatic N) is 2. The van der Waals surface area contributed by atoms with Crippen molar-refractivity contribution >= 4 is 17.4 Å². The highest BCUT2D eigenvalue weighted by molar-refractivity contribution is 5.90. The van der Waals surface area contributed by atoms with E-state index in [1.54, 1.807) is 6.08 Å². The third-order valence-corrected chi connectivity index (χ3v) is 3.90. The van der Waals surface area contributed by atoms with Crippen molar-refractivity contribution in [3.8, 4) is 0 Å². The second-order valence-electron chi connectivity index (χ2n) is 5.58. The number of carbonyl (C=O) groups is 1. The summed E-state index contributed by atoms with van der Waals surface area (Å²) in [7, 11) is 0. The van der Waals surface area contributed by atoms with Crippen LogP contribution in [-0.2, 0) is 0 Å². The summed E-state index contributed by atoms with van der Waals surface area (Å²) in [6, 6.07) is 5.78. The normalized spacial score (nSPS) is 14.0. The van der Waals surface area contributed by atoms with Gasteiger partial charge in [-0.1, -0.05) is 6.08 Å². The van der Waals surface area contributed by atoms with Gasteiger partial charge in [0.15, 0.2) is 0 Å². The molecule has 1 heterocycles. The van der Waals surface area contributed by atoms with Crippen LogP contribution in [0.15, 0.2) is 30.9 Å². The number of hydrogen-bond donors (Lipinski definition) is 2. The minimum atomic E-state index is -0.220. The maximum Gasteiger partial charge on any atom is 0.322 e. The minimum Gasteiger partial charge on any atom is -0.395 e. The number of amides is 2. The van der Waals surface area contributed by atoms with E-state index in [9.17, 15) is 4.79 Å². The first-order valence-corrected chi connectivity index (χ1v) is 7.79. The van der Waals surface area contributed by atoms with Gasteiger partial charge in [-0.15, -0.1) is 6.58 Å². The van der Waals surface area contributed by atoms with Crippen LogP contribution in [0.3, 0.4) is 0 Å². The summed E-state index contributed by atoms with van der Waals surface area (Å²) in [6.45, 7) is 8.56. The molecule has 1 aliphatic rings. The van der Waals surface area contributed by atoms with Crippen LogP contribution >= 0.6 is 0 Å². The first-order chi connectivity index (χ1) is 10.7. The molecule has 5 nitrogen and oxygen atoms in total. The molecule has 2 rings (SSSR count). The molecule has 1 aromatic rings. The molecule has 0 unspecified atom stereocenters. The zero-order chi connectivity index (χ0) is 15.9. The van der Waals surface area contributed by atoms with Crippen molar-refractivity contribution < 1.29 is 9.90 Å². The molecule has 5 heteroatoms. The Kier molecular flexibility index (Phi) is 5.83. The van der Waals surface area contributed by atoms with Crippen molar-refractivity contribution in [2.24, 2.45) is 0 Å². The SMILES string of the molecule is C=CCN(CCO)C(=O)Nc1ccc(N2CCCC2)c(C)c1. The number of rotatable bonds is 6. The van der Waals surface area contributed by atoms with Crippen molar-refractivity contribution in [3.05, 3.63) is 36.4 Å². The van der Waals surface area contributed by atoms with Crippen LogP contribution in [0.5, 0.6) is 0 Å². The van der Waals surface area contributed by atoms with Crippen molar-refractivity contribution in [1.82, 2.24) is 4.90 Å². The molecular weight excluding hydrogens is 278 g/mol. The predicted molar refractivity (Wildman–Crippen MR) is 90.5 cm³/mol. The Bertz CT molecular complexity index is 525. The molecule has 2 N–H and O–H groups in total. The van der Waals surface area contributed by atoms with Gasteiger partial charge in [0.05, 0.1) is 6.61 Å². The van der Waals surface area contributed by atoms with Crippen LogP contribution in [0.25, 0.3) is 0 Å². The molecule has 120 valence electrons. The maximum atomic E-state index is 12.2. The first kappa shape index (κ1) is 16.4. The molecule has 0 aliphatic carbocycles. The number of aliphatic hydroxyl groups excluding tert-OH is 1. The molecule has 1 saturated heterocycles. The monoisotopic (exact) mass is 303 g/mol. The predicted octanol–water partition coefficient (Wildman–Crippen LogP) is 2.61. The maximum absolute atomic E-state index is 12.2. The topological polar surface area (TPSA) is 55.8 Å². The van der Waals surface area contributed by atoms with Gasteiger partial charge in [0.1, 0.15) is 0 Å². The van der Waals surface area contributed by atoms with Gasteiger partial charge in [-0.3, -0.25) is 0 Å². The highest BCUT2D eigenvalue weighted by Crippen LogP contribution is 2.26. The fourth-order valence-corrected chi connectivity index (χ4v) is 2.80. The molecule has 1 aliphatic heterocycles. The van der Waals surface area contributed by atoms with Gasteiger partial charge >= 0.3 is 6.03 Å². The summed E-state index contributed by atoms with van der Waals surface area (Å²) in [5.74, 6) is 0. The number of urea groups is 1.